The Labute approximate surface area is 147 Å². The van der Waals surface area contributed by atoms with Crippen LogP contribution >= 0.6 is 0 Å². The smallest absolute Gasteiger partial charge is 0.253 e. The highest BCUT2D eigenvalue weighted by Gasteiger charge is 2.17. The number of benzene rings is 1. The number of aryl methyl sites for hydroxylation is 1. The molecule has 2 heterocycles. The molecule has 0 atom stereocenters. The van der Waals surface area contributed by atoms with E-state index < -0.39 is 0 Å². The van der Waals surface area contributed by atoms with Gasteiger partial charge >= 0.3 is 0 Å². The van der Waals surface area contributed by atoms with Gasteiger partial charge in [0.25, 0.3) is 5.91 Å². The van der Waals surface area contributed by atoms with Crippen LogP contribution in [0.4, 0.5) is 5.82 Å². The normalized spacial score (nSPS) is 14.9. The Morgan fingerprint density at radius 1 is 1.04 bits per heavy atom. The third kappa shape index (κ3) is 4.07. The van der Waals surface area contributed by atoms with Crippen LogP contribution in [0, 0.1) is 6.92 Å². The first-order chi connectivity index (χ1) is 12.0. The Balaban J connectivity index is 1.80. The second kappa shape index (κ2) is 7.51. The molecule has 0 radical (unpaired) electrons. The van der Waals surface area contributed by atoms with E-state index in [1.807, 2.05) is 42.2 Å². The van der Waals surface area contributed by atoms with Crippen molar-refractivity contribution in [2.45, 2.75) is 39.5 Å². The number of likely N-dealkylation sites (tertiary alicyclic amines) is 1. The van der Waals surface area contributed by atoms with Crippen LogP contribution in [0.1, 0.15) is 48.7 Å². The summed E-state index contributed by atoms with van der Waals surface area (Å²) >= 11 is 0. The number of rotatable bonds is 3. The van der Waals surface area contributed by atoms with Crippen molar-refractivity contribution in [3.63, 3.8) is 0 Å². The molecule has 1 fully saturated rings. The van der Waals surface area contributed by atoms with E-state index in [2.05, 4.69) is 10.4 Å². The number of aromatic nitrogens is 2. The summed E-state index contributed by atoms with van der Waals surface area (Å²) in [4.78, 5) is 26.0. The number of nitrogens with one attached hydrogen (secondary N) is 1. The molecule has 1 aliphatic heterocycles. The van der Waals surface area contributed by atoms with E-state index in [9.17, 15) is 9.59 Å². The van der Waals surface area contributed by atoms with Crippen LogP contribution in [0.2, 0.25) is 0 Å². The van der Waals surface area contributed by atoms with Gasteiger partial charge in [-0.05, 0) is 44.0 Å². The van der Waals surface area contributed by atoms with Crippen LogP contribution in [0.25, 0.3) is 5.69 Å². The van der Waals surface area contributed by atoms with Crippen molar-refractivity contribution in [2.24, 2.45) is 0 Å². The van der Waals surface area contributed by atoms with Gasteiger partial charge in [-0.25, -0.2) is 4.68 Å². The molecule has 0 spiro atoms. The molecule has 0 aliphatic carbocycles. The number of hydrogen-bond acceptors (Lipinski definition) is 3. The summed E-state index contributed by atoms with van der Waals surface area (Å²) < 4.78 is 1.68. The first-order valence-electron chi connectivity index (χ1n) is 8.78. The maximum atomic E-state index is 12.7. The Bertz CT molecular complexity index is 756. The van der Waals surface area contributed by atoms with E-state index in [1.54, 1.807) is 4.68 Å². The molecular weight excluding hydrogens is 316 g/mol. The van der Waals surface area contributed by atoms with Gasteiger partial charge in [-0.3, -0.25) is 9.59 Å². The average Bonchev–Trinajstić information content (AvgIpc) is 2.79. The minimum Gasteiger partial charge on any atom is -0.339 e. The van der Waals surface area contributed by atoms with Gasteiger partial charge in [0.15, 0.2) is 0 Å². The van der Waals surface area contributed by atoms with Crippen molar-refractivity contribution in [2.75, 3.05) is 18.4 Å². The molecule has 132 valence electrons. The fourth-order valence-electron chi connectivity index (χ4n) is 3.17. The molecule has 1 aliphatic rings. The van der Waals surface area contributed by atoms with Gasteiger partial charge in [-0.1, -0.05) is 12.8 Å². The second-order valence-electron chi connectivity index (χ2n) is 6.52. The van der Waals surface area contributed by atoms with Gasteiger partial charge in [0.05, 0.1) is 11.4 Å². The zero-order chi connectivity index (χ0) is 17.8. The van der Waals surface area contributed by atoms with Crippen molar-refractivity contribution in [1.29, 1.82) is 0 Å². The Kier molecular flexibility index (Phi) is 5.16. The highest BCUT2D eigenvalue weighted by atomic mass is 16.2. The van der Waals surface area contributed by atoms with E-state index in [0.717, 1.165) is 37.3 Å². The number of carbonyl (C=O) groups excluding carboxylic acids is 2. The monoisotopic (exact) mass is 340 g/mol. The van der Waals surface area contributed by atoms with Crippen molar-refractivity contribution < 1.29 is 9.59 Å². The van der Waals surface area contributed by atoms with Gasteiger partial charge in [0.2, 0.25) is 5.91 Å². The third-order valence-electron chi connectivity index (χ3n) is 4.39. The highest BCUT2D eigenvalue weighted by Crippen LogP contribution is 2.19. The van der Waals surface area contributed by atoms with Gasteiger partial charge in [-0.2, -0.15) is 5.10 Å². The predicted molar refractivity (Wildman–Crippen MR) is 97.0 cm³/mol. The topological polar surface area (TPSA) is 67.2 Å². The molecule has 0 saturated carbocycles. The van der Waals surface area contributed by atoms with Crippen LogP contribution in [-0.4, -0.2) is 39.6 Å². The molecule has 2 aromatic rings. The van der Waals surface area contributed by atoms with Crippen molar-refractivity contribution in [1.82, 2.24) is 14.7 Å². The molecule has 0 bridgehead atoms. The quantitative estimate of drug-likeness (QED) is 0.933. The van der Waals surface area contributed by atoms with E-state index in [1.165, 1.54) is 19.8 Å². The van der Waals surface area contributed by atoms with Crippen molar-refractivity contribution >= 4 is 17.6 Å². The molecule has 1 aromatic carbocycles. The van der Waals surface area contributed by atoms with E-state index in [4.69, 9.17) is 0 Å². The summed E-state index contributed by atoms with van der Waals surface area (Å²) in [5.74, 6) is 0.567. The fraction of sp³-hybridized carbons (Fsp3) is 0.421. The molecule has 6 heteroatoms. The molecule has 3 rings (SSSR count). The highest BCUT2D eigenvalue weighted by molar-refractivity contribution is 5.94. The molecule has 0 unspecified atom stereocenters. The van der Waals surface area contributed by atoms with Gasteiger partial charge in [-0.15, -0.1) is 0 Å². The minimum absolute atomic E-state index is 0.0900. The number of hydrogen-bond donors (Lipinski definition) is 1. The molecule has 25 heavy (non-hydrogen) atoms. The maximum absolute atomic E-state index is 12.7. The Hall–Kier alpha value is -2.63. The molecule has 1 saturated heterocycles. The summed E-state index contributed by atoms with van der Waals surface area (Å²) in [5, 5.41) is 7.19. The van der Waals surface area contributed by atoms with Crippen molar-refractivity contribution in [3.8, 4) is 5.69 Å². The van der Waals surface area contributed by atoms with Crippen LogP contribution in [0.3, 0.4) is 0 Å². The number of anilines is 1. The van der Waals surface area contributed by atoms with Gasteiger partial charge in [0.1, 0.15) is 5.82 Å². The summed E-state index contributed by atoms with van der Waals surface area (Å²) in [5.41, 5.74) is 2.31. The summed E-state index contributed by atoms with van der Waals surface area (Å²) in [6, 6.07) is 9.21. The predicted octanol–water partition coefficient (Wildman–Crippen LogP) is 3.16. The summed E-state index contributed by atoms with van der Waals surface area (Å²) in [6.45, 7) is 5.02. The average molecular weight is 340 g/mol. The SMILES string of the molecule is CC(=O)Nc1cc(C)nn1-c1ccc(C(=O)N2CCCCCC2)cc1. The third-order valence-corrected chi connectivity index (χ3v) is 4.39. The Morgan fingerprint density at radius 2 is 1.68 bits per heavy atom. The minimum atomic E-state index is -0.144. The van der Waals surface area contributed by atoms with Crippen LogP contribution in [-0.2, 0) is 4.79 Å². The van der Waals surface area contributed by atoms with Gasteiger partial charge in [0, 0.05) is 31.6 Å². The van der Waals surface area contributed by atoms with Crippen LogP contribution in [0.5, 0.6) is 0 Å². The first kappa shape index (κ1) is 17.2. The lowest BCUT2D eigenvalue weighted by Crippen LogP contribution is -2.31. The lowest BCUT2D eigenvalue weighted by atomic mass is 10.1. The first-order valence-corrected chi connectivity index (χ1v) is 8.78. The Morgan fingerprint density at radius 3 is 2.28 bits per heavy atom. The molecule has 1 aromatic heterocycles. The summed E-state index contributed by atoms with van der Waals surface area (Å²) in [6.07, 6.45) is 4.56. The van der Waals surface area contributed by atoms with Crippen LogP contribution in [0.15, 0.2) is 30.3 Å². The number of carbonyl (C=O) groups is 2. The van der Waals surface area contributed by atoms with Gasteiger partial charge < -0.3 is 10.2 Å². The fourth-order valence-corrected chi connectivity index (χ4v) is 3.17. The molecule has 1 N–H and O–H groups in total. The molecule has 2 amide bonds. The zero-order valence-corrected chi connectivity index (χ0v) is 14.8. The lowest BCUT2D eigenvalue weighted by Gasteiger charge is -2.20. The largest absolute Gasteiger partial charge is 0.339 e. The van der Waals surface area contributed by atoms with E-state index in [0.29, 0.717) is 11.4 Å². The van der Waals surface area contributed by atoms with Crippen molar-refractivity contribution in [3.05, 3.63) is 41.6 Å². The van der Waals surface area contributed by atoms with E-state index >= 15 is 0 Å². The van der Waals surface area contributed by atoms with E-state index in [-0.39, 0.29) is 11.8 Å². The maximum Gasteiger partial charge on any atom is 0.253 e. The summed E-state index contributed by atoms with van der Waals surface area (Å²) in [7, 11) is 0. The second-order valence-corrected chi connectivity index (χ2v) is 6.52. The molecule has 6 nitrogen and oxygen atoms in total. The number of nitrogens with zero attached hydrogens (tertiary/aromatic N) is 3. The lowest BCUT2D eigenvalue weighted by molar-refractivity contribution is -0.114. The number of amides is 2. The molecular formula is C19H24N4O2. The van der Waals surface area contributed by atoms with Crippen LogP contribution < -0.4 is 5.32 Å². The standard InChI is InChI=1S/C19H24N4O2/c1-14-13-18(20-15(2)24)23(21-14)17-9-7-16(8-10-17)19(25)22-11-5-3-4-6-12-22/h7-10,13H,3-6,11-12H2,1-2H3,(H,20,24). The zero-order valence-electron chi connectivity index (χ0n) is 14.8.